The molecule has 0 saturated heterocycles. The van der Waals surface area contributed by atoms with Crippen LogP contribution in [-0.2, 0) is 0 Å². The van der Waals surface area contributed by atoms with E-state index in [0.29, 0.717) is 38.6 Å². The Hall–Kier alpha value is -1.20. The Morgan fingerprint density at radius 3 is 2.75 bits per heavy atom. The van der Waals surface area contributed by atoms with Gasteiger partial charge in [-0.2, -0.15) is 4.98 Å². The molecular formula is C14H11BrClFN2O. The maximum absolute atomic E-state index is 13.1. The predicted molar refractivity (Wildman–Crippen MR) is 77.9 cm³/mol. The van der Waals surface area contributed by atoms with E-state index in [1.807, 2.05) is 0 Å². The fourth-order valence-electron chi connectivity index (χ4n) is 1.77. The van der Waals surface area contributed by atoms with Crippen LogP contribution in [0, 0.1) is 12.7 Å². The second-order valence-electron chi connectivity index (χ2n) is 4.75. The lowest BCUT2D eigenvalue weighted by Crippen LogP contribution is -2.00. The van der Waals surface area contributed by atoms with Crippen molar-refractivity contribution in [3.8, 4) is 11.6 Å². The van der Waals surface area contributed by atoms with Gasteiger partial charge in [-0.1, -0.05) is 11.6 Å². The van der Waals surface area contributed by atoms with Gasteiger partial charge >= 0.3 is 0 Å². The molecule has 0 N–H and O–H groups in total. The lowest BCUT2D eigenvalue weighted by atomic mass is 10.3. The van der Waals surface area contributed by atoms with E-state index < -0.39 is 0 Å². The van der Waals surface area contributed by atoms with E-state index >= 15 is 0 Å². The third-order valence-electron chi connectivity index (χ3n) is 3.10. The minimum absolute atomic E-state index is 0.333. The van der Waals surface area contributed by atoms with Crippen molar-refractivity contribution in [3.05, 3.63) is 45.0 Å². The van der Waals surface area contributed by atoms with Gasteiger partial charge in [0.05, 0.1) is 4.47 Å². The summed E-state index contributed by atoms with van der Waals surface area (Å²) in [6.07, 6.45) is 2.16. The second kappa shape index (κ2) is 5.30. The molecule has 0 unspecified atom stereocenters. The highest BCUT2D eigenvalue weighted by molar-refractivity contribution is 9.10. The molecule has 0 spiro atoms. The van der Waals surface area contributed by atoms with Gasteiger partial charge in [-0.3, -0.25) is 0 Å². The van der Waals surface area contributed by atoms with Crippen molar-refractivity contribution in [2.24, 2.45) is 0 Å². The number of benzene rings is 1. The van der Waals surface area contributed by atoms with Crippen molar-refractivity contribution < 1.29 is 9.13 Å². The maximum Gasteiger partial charge on any atom is 0.227 e. The highest BCUT2D eigenvalue weighted by Crippen LogP contribution is 2.40. The van der Waals surface area contributed by atoms with E-state index in [0.717, 1.165) is 12.8 Å². The van der Waals surface area contributed by atoms with Crippen LogP contribution in [0.2, 0.25) is 5.15 Å². The number of ether oxygens (including phenoxy) is 1. The van der Waals surface area contributed by atoms with Crippen molar-refractivity contribution in [2.75, 3.05) is 0 Å². The Morgan fingerprint density at radius 2 is 2.10 bits per heavy atom. The van der Waals surface area contributed by atoms with Crippen LogP contribution < -0.4 is 4.74 Å². The summed E-state index contributed by atoms with van der Waals surface area (Å²) in [5.74, 6) is 1.67. The van der Waals surface area contributed by atoms with Gasteiger partial charge in [0.2, 0.25) is 5.88 Å². The largest absolute Gasteiger partial charge is 0.437 e. The Labute approximate surface area is 129 Å². The molecule has 3 rings (SSSR count). The molecule has 1 aromatic heterocycles. The van der Waals surface area contributed by atoms with Crippen molar-refractivity contribution in [1.82, 2.24) is 9.97 Å². The predicted octanol–water partition coefficient (Wildman–Crippen LogP) is 5.01. The quantitative estimate of drug-likeness (QED) is 0.724. The summed E-state index contributed by atoms with van der Waals surface area (Å²) in [4.78, 5) is 8.70. The van der Waals surface area contributed by atoms with Crippen LogP contribution in [0.5, 0.6) is 11.6 Å². The highest BCUT2D eigenvalue weighted by Gasteiger charge is 2.28. The molecule has 1 aliphatic carbocycles. The van der Waals surface area contributed by atoms with Gasteiger partial charge in [-0.25, -0.2) is 9.37 Å². The summed E-state index contributed by atoms with van der Waals surface area (Å²) in [5, 5.41) is 0.398. The summed E-state index contributed by atoms with van der Waals surface area (Å²) in [7, 11) is 0. The Balaban J connectivity index is 1.97. The highest BCUT2D eigenvalue weighted by atomic mass is 79.9. The van der Waals surface area contributed by atoms with Crippen LogP contribution in [0.1, 0.15) is 30.1 Å². The zero-order valence-corrected chi connectivity index (χ0v) is 13.0. The lowest BCUT2D eigenvalue weighted by molar-refractivity contribution is 0.450. The fourth-order valence-corrected chi connectivity index (χ4v) is 2.37. The van der Waals surface area contributed by atoms with E-state index in [-0.39, 0.29) is 5.82 Å². The number of nitrogens with zero attached hydrogens (tertiary/aromatic N) is 2. The molecule has 3 nitrogen and oxygen atoms in total. The number of hydrogen-bond donors (Lipinski definition) is 0. The van der Waals surface area contributed by atoms with Crippen LogP contribution in [0.3, 0.4) is 0 Å². The molecule has 0 atom stereocenters. The zero-order valence-electron chi connectivity index (χ0n) is 10.7. The van der Waals surface area contributed by atoms with Crippen molar-refractivity contribution in [1.29, 1.82) is 0 Å². The molecule has 0 amide bonds. The topological polar surface area (TPSA) is 35.0 Å². The fraction of sp³-hybridized carbons (Fsp3) is 0.286. The Morgan fingerprint density at radius 1 is 1.35 bits per heavy atom. The molecule has 1 saturated carbocycles. The average molecular weight is 358 g/mol. The minimum Gasteiger partial charge on any atom is -0.437 e. The number of rotatable bonds is 3. The number of aromatic nitrogens is 2. The third kappa shape index (κ3) is 2.79. The molecule has 104 valence electrons. The first-order chi connectivity index (χ1) is 9.54. The molecule has 6 heteroatoms. The second-order valence-corrected chi connectivity index (χ2v) is 5.97. The monoisotopic (exact) mass is 356 g/mol. The van der Waals surface area contributed by atoms with E-state index in [9.17, 15) is 4.39 Å². The Bertz CT molecular complexity index is 676. The summed E-state index contributed by atoms with van der Waals surface area (Å²) >= 11 is 9.39. The molecular weight excluding hydrogens is 347 g/mol. The summed E-state index contributed by atoms with van der Waals surface area (Å²) < 4.78 is 19.3. The van der Waals surface area contributed by atoms with Gasteiger partial charge in [-0.05, 0) is 53.9 Å². The third-order valence-corrected chi connectivity index (χ3v) is 4.09. The number of hydrogen-bond acceptors (Lipinski definition) is 3. The molecule has 0 aliphatic heterocycles. The maximum atomic E-state index is 13.1. The Kier molecular flexibility index (Phi) is 3.65. The van der Waals surface area contributed by atoms with Gasteiger partial charge < -0.3 is 4.74 Å². The van der Waals surface area contributed by atoms with Crippen molar-refractivity contribution in [2.45, 2.75) is 25.7 Å². The first-order valence-corrected chi connectivity index (χ1v) is 7.38. The van der Waals surface area contributed by atoms with E-state index in [2.05, 4.69) is 25.9 Å². The van der Waals surface area contributed by atoms with Crippen LogP contribution in [-0.4, -0.2) is 9.97 Å². The van der Waals surface area contributed by atoms with Crippen LogP contribution in [0.25, 0.3) is 0 Å². The average Bonchev–Trinajstić information content (AvgIpc) is 3.22. The molecule has 1 aromatic carbocycles. The first-order valence-electron chi connectivity index (χ1n) is 6.21. The van der Waals surface area contributed by atoms with Crippen LogP contribution >= 0.6 is 27.5 Å². The van der Waals surface area contributed by atoms with Gasteiger partial charge in [-0.15, -0.1) is 0 Å². The van der Waals surface area contributed by atoms with Gasteiger partial charge in [0.15, 0.2) is 0 Å². The molecule has 1 aliphatic rings. The molecule has 1 heterocycles. The SMILES string of the molecule is Cc1c(Cl)nc(C2CC2)nc1Oc1ccc(F)cc1Br. The van der Waals surface area contributed by atoms with Gasteiger partial charge in [0, 0.05) is 11.5 Å². The standard InChI is InChI=1S/C14H11BrClFN2O/c1-7-12(16)18-13(8-2-3-8)19-14(7)20-11-5-4-9(17)6-10(11)15/h4-6,8H,2-3H2,1H3. The number of halogens is 3. The molecule has 0 radical (unpaired) electrons. The molecule has 0 bridgehead atoms. The van der Waals surface area contributed by atoms with Crippen LogP contribution in [0.4, 0.5) is 4.39 Å². The zero-order chi connectivity index (χ0) is 14.3. The van der Waals surface area contributed by atoms with E-state index in [1.165, 1.54) is 12.1 Å². The smallest absolute Gasteiger partial charge is 0.227 e. The molecule has 2 aromatic rings. The van der Waals surface area contributed by atoms with Gasteiger partial charge in [0.25, 0.3) is 0 Å². The first kappa shape index (κ1) is 13.8. The van der Waals surface area contributed by atoms with E-state index in [4.69, 9.17) is 16.3 Å². The molecule has 1 fully saturated rings. The lowest BCUT2D eigenvalue weighted by Gasteiger charge is -2.11. The summed E-state index contributed by atoms with van der Waals surface area (Å²) in [5.41, 5.74) is 0.673. The van der Waals surface area contributed by atoms with Crippen molar-refractivity contribution in [3.63, 3.8) is 0 Å². The summed E-state index contributed by atoms with van der Waals surface area (Å²) in [6.45, 7) is 1.80. The van der Waals surface area contributed by atoms with Gasteiger partial charge in [0.1, 0.15) is 22.5 Å². The van der Waals surface area contributed by atoms with E-state index in [1.54, 1.807) is 13.0 Å². The minimum atomic E-state index is -0.333. The molecule has 20 heavy (non-hydrogen) atoms. The van der Waals surface area contributed by atoms with Crippen LogP contribution in [0.15, 0.2) is 22.7 Å². The van der Waals surface area contributed by atoms with Crippen molar-refractivity contribution >= 4 is 27.5 Å². The summed E-state index contributed by atoms with van der Waals surface area (Å²) in [6, 6.07) is 4.22. The normalized spacial score (nSPS) is 14.4.